The van der Waals surface area contributed by atoms with Crippen LogP contribution in [-0.4, -0.2) is 19.5 Å². The van der Waals surface area contributed by atoms with Crippen LogP contribution >= 0.6 is 0 Å². The maximum absolute atomic E-state index is 5.19. The van der Waals surface area contributed by atoms with Crippen LogP contribution in [0.25, 0.3) is 117 Å². The second kappa shape index (κ2) is 17.2. The van der Waals surface area contributed by atoms with Crippen LogP contribution in [0.4, 0.5) is 0 Å². The monoisotopic (exact) mass is 854 g/mol. The van der Waals surface area contributed by atoms with Crippen LogP contribution in [0.15, 0.2) is 255 Å². The van der Waals surface area contributed by atoms with Crippen molar-refractivity contribution in [3.05, 3.63) is 255 Å². The summed E-state index contributed by atoms with van der Waals surface area (Å²) in [6.07, 6.45) is 0. The average molecular weight is 855 g/mol. The van der Waals surface area contributed by atoms with Crippen LogP contribution in [0.3, 0.4) is 0 Å². The van der Waals surface area contributed by atoms with Crippen molar-refractivity contribution in [2.45, 2.75) is 0 Å². The molecule has 2 heterocycles. The van der Waals surface area contributed by atoms with E-state index in [-0.39, 0.29) is 0 Å². The van der Waals surface area contributed by atoms with Crippen molar-refractivity contribution in [2.75, 3.05) is 0 Å². The van der Waals surface area contributed by atoms with E-state index in [1.807, 2.05) is 24.3 Å². The molecule has 0 fully saturated rings. The molecule has 0 atom stereocenters. The third kappa shape index (κ3) is 7.77. The fourth-order valence-electron chi connectivity index (χ4n) is 9.18. The Hall–Kier alpha value is -8.99. The molecule has 12 rings (SSSR count). The molecule has 0 spiro atoms. The molecule has 0 aliphatic carbocycles. The molecular formula is C63H42N4. The first-order valence-corrected chi connectivity index (χ1v) is 22.7. The highest BCUT2D eigenvalue weighted by atomic mass is 15.0. The Morgan fingerprint density at radius 2 is 0.522 bits per heavy atom. The molecule has 67 heavy (non-hydrogen) atoms. The third-order valence-corrected chi connectivity index (χ3v) is 12.7. The summed E-state index contributed by atoms with van der Waals surface area (Å²) in [5.41, 5.74) is 17.8. The van der Waals surface area contributed by atoms with Gasteiger partial charge in [-0.25, -0.2) is 15.0 Å². The molecule has 0 unspecified atom stereocenters. The number of hydrogen-bond donors (Lipinski definition) is 0. The number of rotatable bonds is 9. The van der Waals surface area contributed by atoms with E-state index < -0.39 is 0 Å². The number of fused-ring (bicyclic) bond motifs is 3. The van der Waals surface area contributed by atoms with Gasteiger partial charge in [-0.3, -0.25) is 0 Å². The Balaban J connectivity index is 0.980. The number of benzene rings is 10. The van der Waals surface area contributed by atoms with Crippen LogP contribution in [0, 0.1) is 0 Å². The van der Waals surface area contributed by atoms with Gasteiger partial charge in [0, 0.05) is 33.2 Å². The summed E-state index contributed by atoms with van der Waals surface area (Å²) in [7, 11) is 0. The maximum atomic E-state index is 5.19. The molecule has 0 bridgehead atoms. The molecular weight excluding hydrogens is 813 g/mol. The highest BCUT2D eigenvalue weighted by Gasteiger charge is 2.18. The molecule has 0 saturated carbocycles. The minimum Gasteiger partial charge on any atom is -0.309 e. The van der Waals surface area contributed by atoms with Gasteiger partial charge in [0.1, 0.15) is 0 Å². The van der Waals surface area contributed by atoms with Crippen LogP contribution < -0.4 is 0 Å². The van der Waals surface area contributed by atoms with E-state index in [2.05, 4.69) is 235 Å². The van der Waals surface area contributed by atoms with Gasteiger partial charge in [-0.15, -0.1) is 0 Å². The Bertz CT molecular complexity index is 3660. The van der Waals surface area contributed by atoms with E-state index in [0.717, 1.165) is 55.5 Å². The molecule has 0 aliphatic rings. The largest absolute Gasteiger partial charge is 0.309 e. The van der Waals surface area contributed by atoms with Crippen LogP contribution in [0.1, 0.15) is 0 Å². The van der Waals surface area contributed by atoms with E-state index in [4.69, 9.17) is 15.0 Å². The smallest absolute Gasteiger partial charge is 0.164 e. The molecule has 10 aromatic carbocycles. The SMILES string of the molecule is c1ccc(-c2ccc(-c3ccc(-n4c5ccc(-c6ccc(-c7ccccc7)cc6)cc5c5ccc(-c6nc(-c7ccccc7)nc(-c7ccc(-c8ccccc8)cc7)n6)cc54)cc3)cc2)cc1. The topological polar surface area (TPSA) is 43.6 Å². The van der Waals surface area contributed by atoms with Gasteiger partial charge >= 0.3 is 0 Å². The van der Waals surface area contributed by atoms with E-state index >= 15 is 0 Å². The zero-order valence-electron chi connectivity index (χ0n) is 36.5. The summed E-state index contributed by atoms with van der Waals surface area (Å²) in [5, 5.41) is 2.32. The van der Waals surface area contributed by atoms with Gasteiger partial charge < -0.3 is 4.57 Å². The fraction of sp³-hybridized carbons (Fsp3) is 0. The van der Waals surface area contributed by atoms with Gasteiger partial charge in [-0.05, 0) is 86.0 Å². The first kappa shape index (κ1) is 39.6. The normalized spacial score (nSPS) is 11.3. The fourth-order valence-corrected chi connectivity index (χ4v) is 9.18. The minimum absolute atomic E-state index is 0.614. The zero-order chi connectivity index (χ0) is 44.5. The van der Waals surface area contributed by atoms with Crippen LogP contribution in [-0.2, 0) is 0 Å². The second-order valence-corrected chi connectivity index (χ2v) is 16.8. The highest BCUT2D eigenvalue weighted by molar-refractivity contribution is 6.11. The van der Waals surface area contributed by atoms with E-state index in [9.17, 15) is 0 Å². The Morgan fingerprint density at radius 1 is 0.209 bits per heavy atom. The molecule has 4 heteroatoms. The molecule has 0 saturated heterocycles. The first-order valence-electron chi connectivity index (χ1n) is 22.7. The van der Waals surface area contributed by atoms with E-state index in [1.54, 1.807) is 0 Å². The van der Waals surface area contributed by atoms with Crippen molar-refractivity contribution < 1.29 is 0 Å². The average Bonchev–Trinajstić information content (AvgIpc) is 3.75. The summed E-state index contributed by atoms with van der Waals surface area (Å²) in [5.74, 6) is 1.87. The van der Waals surface area contributed by atoms with Gasteiger partial charge in [0.15, 0.2) is 17.5 Å². The Labute approximate surface area is 389 Å². The van der Waals surface area contributed by atoms with Crippen molar-refractivity contribution in [1.82, 2.24) is 19.5 Å². The van der Waals surface area contributed by atoms with Crippen LogP contribution in [0.2, 0.25) is 0 Å². The predicted octanol–water partition coefficient (Wildman–Crippen LogP) is 16.3. The van der Waals surface area contributed by atoms with Gasteiger partial charge in [-0.2, -0.15) is 0 Å². The van der Waals surface area contributed by atoms with Crippen LogP contribution in [0.5, 0.6) is 0 Å². The number of aromatic nitrogens is 4. The number of hydrogen-bond acceptors (Lipinski definition) is 3. The molecule has 4 nitrogen and oxygen atoms in total. The lowest BCUT2D eigenvalue weighted by atomic mass is 9.99. The lowest BCUT2D eigenvalue weighted by molar-refractivity contribution is 1.07. The van der Waals surface area contributed by atoms with Gasteiger partial charge in [0.05, 0.1) is 11.0 Å². The standard InChI is InChI=1S/C63H42N4/c1-5-13-43(14-6-1)46-21-23-49(24-22-46)50-33-37-56(38-34-50)67-59-40-36-54(51-27-25-47(26-28-51)44-15-7-2-8-16-44)41-58(59)57-39-35-55(42-60(57)67)63-65-61(52-19-11-4-12-20-52)64-62(66-63)53-31-29-48(30-32-53)45-17-9-3-10-18-45/h1-42H. The third-order valence-electron chi connectivity index (χ3n) is 12.7. The van der Waals surface area contributed by atoms with Gasteiger partial charge in [0.25, 0.3) is 0 Å². The minimum atomic E-state index is 0.614. The van der Waals surface area contributed by atoms with Crippen molar-refractivity contribution in [3.8, 4) is 95.5 Å². The molecule has 0 aliphatic heterocycles. The Morgan fingerprint density at radius 3 is 0.970 bits per heavy atom. The van der Waals surface area contributed by atoms with Crippen molar-refractivity contribution >= 4 is 21.8 Å². The molecule has 0 N–H and O–H groups in total. The quantitative estimate of drug-likeness (QED) is 0.145. The highest BCUT2D eigenvalue weighted by Crippen LogP contribution is 2.38. The summed E-state index contributed by atoms with van der Waals surface area (Å²) in [6.45, 7) is 0. The zero-order valence-corrected chi connectivity index (χ0v) is 36.5. The molecule has 12 aromatic rings. The summed E-state index contributed by atoms with van der Waals surface area (Å²) in [4.78, 5) is 15.4. The summed E-state index contributed by atoms with van der Waals surface area (Å²) < 4.78 is 2.38. The molecule has 2 aromatic heterocycles. The second-order valence-electron chi connectivity index (χ2n) is 16.8. The maximum Gasteiger partial charge on any atom is 0.164 e. The van der Waals surface area contributed by atoms with Crippen molar-refractivity contribution in [2.24, 2.45) is 0 Å². The lowest BCUT2D eigenvalue weighted by Gasteiger charge is -2.12. The molecule has 314 valence electrons. The van der Waals surface area contributed by atoms with Gasteiger partial charge in [-0.1, -0.05) is 224 Å². The van der Waals surface area contributed by atoms with E-state index in [0.29, 0.717) is 17.5 Å². The lowest BCUT2D eigenvalue weighted by Crippen LogP contribution is -2.00. The molecule has 0 amide bonds. The summed E-state index contributed by atoms with van der Waals surface area (Å²) >= 11 is 0. The van der Waals surface area contributed by atoms with Gasteiger partial charge in [0.2, 0.25) is 0 Å². The first-order chi connectivity index (χ1) is 33.2. The molecule has 0 radical (unpaired) electrons. The van der Waals surface area contributed by atoms with E-state index in [1.165, 1.54) is 44.3 Å². The van der Waals surface area contributed by atoms with Crippen molar-refractivity contribution in [3.63, 3.8) is 0 Å². The van der Waals surface area contributed by atoms with Crippen molar-refractivity contribution in [1.29, 1.82) is 0 Å². The summed E-state index contributed by atoms with van der Waals surface area (Å²) in [6, 6.07) is 90.2. The Kier molecular flexibility index (Phi) is 10.2. The predicted molar refractivity (Wildman–Crippen MR) is 278 cm³/mol. The number of nitrogens with zero attached hydrogens (tertiary/aromatic N) is 4.